The molecule has 3 aromatic rings. The number of rotatable bonds is 3. The molecule has 8 heteroatoms. The van der Waals surface area contributed by atoms with Crippen LogP contribution in [0, 0.1) is 20.8 Å². The molecule has 3 aromatic heterocycles. The number of nitrogens with one attached hydrogen (secondary N) is 3. The molecule has 0 radical (unpaired) electrons. The van der Waals surface area contributed by atoms with Crippen molar-refractivity contribution in [2.45, 2.75) is 87.5 Å². The lowest BCUT2D eigenvalue weighted by molar-refractivity contribution is 0.780. The highest BCUT2D eigenvalue weighted by Gasteiger charge is 2.04. The molecule has 0 amide bonds. The average Bonchev–Trinajstić information content (AvgIpc) is 3.31. The first-order valence-electron chi connectivity index (χ1n) is 9.39. The van der Waals surface area contributed by atoms with Gasteiger partial charge in [-0.1, -0.05) is 49.0 Å². The first-order chi connectivity index (χ1) is 12.6. The van der Waals surface area contributed by atoms with Gasteiger partial charge in [0, 0.05) is 23.4 Å². The molecule has 0 aliphatic carbocycles. The van der Waals surface area contributed by atoms with Crippen molar-refractivity contribution in [2.75, 3.05) is 0 Å². The third-order valence-electron chi connectivity index (χ3n) is 3.80. The Morgan fingerprint density at radius 2 is 1.39 bits per heavy atom. The molecule has 0 aliphatic heterocycles. The van der Waals surface area contributed by atoms with Crippen LogP contribution in [0.25, 0.3) is 0 Å². The van der Waals surface area contributed by atoms with E-state index in [1.165, 1.54) is 12.0 Å². The lowest BCUT2D eigenvalue weighted by atomic mass is 10.2. The van der Waals surface area contributed by atoms with Crippen LogP contribution in [-0.4, -0.2) is 40.3 Å². The Balaban J connectivity index is 0.000000386. The van der Waals surface area contributed by atoms with Gasteiger partial charge in [0.25, 0.3) is 0 Å². The monoisotopic (exact) mass is 390 g/mol. The molecular formula is C20H38N8. The summed E-state index contributed by atoms with van der Waals surface area (Å²) in [5.41, 5.74) is 2.30. The summed E-state index contributed by atoms with van der Waals surface area (Å²) in [5.74, 6) is 5.21. The Morgan fingerprint density at radius 1 is 0.786 bits per heavy atom. The second-order valence-corrected chi connectivity index (χ2v) is 7.45. The van der Waals surface area contributed by atoms with Gasteiger partial charge in [0.05, 0.1) is 5.69 Å². The summed E-state index contributed by atoms with van der Waals surface area (Å²) in [6.45, 7) is 18.5. The van der Waals surface area contributed by atoms with Crippen molar-refractivity contribution < 1.29 is 0 Å². The minimum absolute atomic E-state index is 0. The first kappa shape index (κ1) is 25.5. The van der Waals surface area contributed by atoms with E-state index in [1.54, 1.807) is 0 Å². The Bertz CT molecular complexity index is 747. The number of aryl methyl sites for hydroxylation is 3. The van der Waals surface area contributed by atoms with E-state index in [4.69, 9.17) is 0 Å². The molecule has 0 bridgehead atoms. The SMILES string of the molecule is C.CC(C)c1ncn[nH]1.Cc1nc(C(C)C)[nH]c1C.Cc1nc(C(C)C)n[nH]1. The van der Waals surface area contributed by atoms with Gasteiger partial charge in [-0.3, -0.25) is 10.2 Å². The van der Waals surface area contributed by atoms with Crippen molar-refractivity contribution in [2.24, 2.45) is 0 Å². The molecule has 0 saturated heterocycles. The molecular weight excluding hydrogens is 352 g/mol. The van der Waals surface area contributed by atoms with E-state index < -0.39 is 0 Å². The van der Waals surface area contributed by atoms with Gasteiger partial charge in [-0.25, -0.2) is 15.0 Å². The standard InChI is InChI=1S/C8H14N2.C6H11N3.C5H9N3.CH4/c1-5(2)8-9-6(3)7(4)10-8;1-4(2)6-7-5(3)8-9-6;1-4(2)5-6-3-7-8-5;/h5H,1-4H3,(H,9,10);4H,1-3H3,(H,7,8,9);3-4H,1-2H3,(H,6,7,8);1H4. The predicted molar refractivity (Wildman–Crippen MR) is 115 cm³/mol. The molecule has 0 atom stereocenters. The summed E-state index contributed by atoms with van der Waals surface area (Å²) >= 11 is 0. The highest BCUT2D eigenvalue weighted by molar-refractivity contribution is 5.12. The molecule has 3 heterocycles. The lowest BCUT2D eigenvalue weighted by Gasteiger charge is -1.96. The molecule has 3 N–H and O–H groups in total. The van der Waals surface area contributed by atoms with Gasteiger partial charge in [0.2, 0.25) is 0 Å². The van der Waals surface area contributed by atoms with Gasteiger partial charge in [-0.15, -0.1) is 0 Å². The Hall–Kier alpha value is -2.51. The number of aromatic nitrogens is 8. The maximum Gasteiger partial charge on any atom is 0.153 e. The zero-order valence-corrected chi connectivity index (χ0v) is 18.0. The van der Waals surface area contributed by atoms with E-state index in [-0.39, 0.29) is 7.43 Å². The molecule has 3 rings (SSSR count). The van der Waals surface area contributed by atoms with Gasteiger partial charge in [-0.05, 0) is 20.8 Å². The fraction of sp³-hybridized carbons (Fsp3) is 0.650. The zero-order valence-electron chi connectivity index (χ0n) is 18.0. The third kappa shape index (κ3) is 8.45. The molecule has 0 saturated carbocycles. The van der Waals surface area contributed by atoms with Crippen molar-refractivity contribution >= 4 is 0 Å². The van der Waals surface area contributed by atoms with Gasteiger partial charge >= 0.3 is 0 Å². The van der Waals surface area contributed by atoms with Crippen molar-refractivity contribution in [1.29, 1.82) is 0 Å². The third-order valence-corrected chi connectivity index (χ3v) is 3.80. The summed E-state index contributed by atoms with van der Waals surface area (Å²) in [6.07, 6.45) is 1.52. The summed E-state index contributed by atoms with van der Waals surface area (Å²) < 4.78 is 0. The van der Waals surface area contributed by atoms with E-state index in [1.807, 2.05) is 20.8 Å². The van der Waals surface area contributed by atoms with Crippen LogP contribution in [0.2, 0.25) is 0 Å². The fourth-order valence-corrected chi connectivity index (χ4v) is 1.96. The summed E-state index contributed by atoms with van der Waals surface area (Å²) in [4.78, 5) is 15.7. The molecule has 0 aliphatic rings. The number of hydrogen-bond acceptors (Lipinski definition) is 5. The summed E-state index contributed by atoms with van der Waals surface area (Å²) in [6, 6.07) is 0. The Morgan fingerprint density at radius 3 is 1.61 bits per heavy atom. The number of aromatic amines is 3. The maximum absolute atomic E-state index is 4.35. The average molecular weight is 391 g/mol. The minimum atomic E-state index is 0. The van der Waals surface area contributed by atoms with E-state index in [0.717, 1.165) is 29.0 Å². The van der Waals surface area contributed by atoms with Crippen LogP contribution >= 0.6 is 0 Å². The molecule has 0 spiro atoms. The van der Waals surface area contributed by atoms with Crippen LogP contribution in [0.3, 0.4) is 0 Å². The lowest BCUT2D eigenvalue weighted by Crippen LogP contribution is -1.89. The smallest absolute Gasteiger partial charge is 0.153 e. The van der Waals surface area contributed by atoms with Crippen molar-refractivity contribution in [3.8, 4) is 0 Å². The number of H-pyrrole nitrogens is 3. The minimum Gasteiger partial charge on any atom is -0.346 e. The van der Waals surface area contributed by atoms with Crippen LogP contribution < -0.4 is 0 Å². The highest BCUT2D eigenvalue weighted by Crippen LogP contribution is 2.11. The molecule has 0 fully saturated rings. The second kappa shape index (κ2) is 12.0. The maximum atomic E-state index is 4.35. The molecule has 28 heavy (non-hydrogen) atoms. The Labute approximate surface area is 169 Å². The van der Waals surface area contributed by atoms with Crippen molar-refractivity contribution in [3.05, 3.63) is 41.0 Å². The normalized spacial score (nSPS) is 10.3. The molecule has 0 aromatic carbocycles. The van der Waals surface area contributed by atoms with Crippen LogP contribution in [0.15, 0.2) is 6.33 Å². The van der Waals surface area contributed by atoms with E-state index in [0.29, 0.717) is 17.8 Å². The number of imidazole rings is 1. The van der Waals surface area contributed by atoms with Gasteiger partial charge < -0.3 is 4.98 Å². The second-order valence-electron chi connectivity index (χ2n) is 7.45. The van der Waals surface area contributed by atoms with E-state index >= 15 is 0 Å². The van der Waals surface area contributed by atoms with Crippen LogP contribution in [0.1, 0.15) is 101 Å². The van der Waals surface area contributed by atoms with E-state index in [2.05, 4.69) is 81.9 Å². The molecule has 0 unspecified atom stereocenters. The Kier molecular flexibility index (Phi) is 11.0. The summed E-state index contributed by atoms with van der Waals surface area (Å²) in [5, 5.41) is 13.3. The van der Waals surface area contributed by atoms with Crippen LogP contribution in [0.4, 0.5) is 0 Å². The highest BCUT2D eigenvalue weighted by atomic mass is 15.2. The van der Waals surface area contributed by atoms with Crippen molar-refractivity contribution in [1.82, 2.24) is 40.3 Å². The molecule has 158 valence electrons. The van der Waals surface area contributed by atoms with Gasteiger partial charge in [-0.2, -0.15) is 10.2 Å². The largest absolute Gasteiger partial charge is 0.346 e. The predicted octanol–water partition coefficient (Wildman–Crippen LogP) is 4.95. The van der Waals surface area contributed by atoms with Crippen LogP contribution in [-0.2, 0) is 0 Å². The molecule has 8 nitrogen and oxygen atoms in total. The summed E-state index contributed by atoms with van der Waals surface area (Å²) in [7, 11) is 0. The van der Waals surface area contributed by atoms with Gasteiger partial charge in [0.15, 0.2) is 5.82 Å². The van der Waals surface area contributed by atoms with Crippen LogP contribution in [0.5, 0.6) is 0 Å². The first-order valence-corrected chi connectivity index (χ1v) is 9.39. The van der Waals surface area contributed by atoms with E-state index in [9.17, 15) is 0 Å². The topological polar surface area (TPSA) is 112 Å². The fourth-order valence-electron chi connectivity index (χ4n) is 1.96. The van der Waals surface area contributed by atoms with Gasteiger partial charge in [0.1, 0.15) is 23.8 Å². The zero-order chi connectivity index (χ0) is 20.6. The quantitative estimate of drug-likeness (QED) is 0.586. The number of hydrogen-bond donors (Lipinski definition) is 3. The van der Waals surface area contributed by atoms with Crippen molar-refractivity contribution in [3.63, 3.8) is 0 Å². The number of nitrogens with zero attached hydrogens (tertiary/aromatic N) is 5.